The molecule has 1 aromatic rings. The highest BCUT2D eigenvalue weighted by Gasteiger charge is 2.36. The smallest absolute Gasteiger partial charge is 0.105 e. The number of benzene rings is 1. The molecule has 1 aliphatic heterocycles. The van der Waals surface area contributed by atoms with Crippen LogP contribution in [0.3, 0.4) is 0 Å². The fourth-order valence-electron chi connectivity index (χ4n) is 4.63. The highest BCUT2D eigenvalue weighted by molar-refractivity contribution is 8.06. The van der Waals surface area contributed by atoms with Crippen molar-refractivity contribution >= 4 is 23.7 Å². The average molecular weight is 450 g/mol. The van der Waals surface area contributed by atoms with Gasteiger partial charge in [0, 0.05) is 51.8 Å². The molecule has 0 spiro atoms. The van der Waals surface area contributed by atoms with Crippen molar-refractivity contribution in [3.63, 3.8) is 0 Å². The second kappa shape index (κ2) is 10.2. The van der Waals surface area contributed by atoms with E-state index in [-0.39, 0.29) is 5.41 Å². The molecule has 3 rings (SSSR count). The standard InChI is InChI=1S/C28H39N3S/c1-9-29-27(32-23(6)21(4)30-24-13-11-10-12-14-24)20(3)22(5)31-18-28(7,8)25-17-19(2)15-16-26(25)31/h9,15-17,24,30H,4-6,10-14,18H2,1-3,7-8H3/b27-20+,29-9?. The van der Waals surface area contributed by atoms with Gasteiger partial charge in [-0.25, -0.2) is 0 Å². The maximum absolute atomic E-state index is 4.69. The zero-order valence-electron chi connectivity index (χ0n) is 20.6. The van der Waals surface area contributed by atoms with Crippen LogP contribution in [-0.2, 0) is 5.41 Å². The number of thioether (sulfide) groups is 1. The van der Waals surface area contributed by atoms with E-state index < -0.39 is 0 Å². The van der Waals surface area contributed by atoms with Crippen LogP contribution in [0.5, 0.6) is 0 Å². The molecule has 0 unspecified atom stereocenters. The van der Waals surface area contributed by atoms with Gasteiger partial charge < -0.3 is 10.2 Å². The summed E-state index contributed by atoms with van der Waals surface area (Å²) >= 11 is 1.58. The first-order valence-electron chi connectivity index (χ1n) is 11.7. The number of nitrogens with zero attached hydrogens (tertiary/aromatic N) is 2. The summed E-state index contributed by atoms with van der Waals surface area (Å²) in [7, 11) is 0. The first kappa shape index (κ1) is 24.4. The predicted octanol–water partition coefficient (Wildman–Crippen LogP) is 7.61. The van der Waals surface area contributed by atoms with Crippen molar-refractivity contribution in [2.75, 3.05) is 11.4 Å². The minimum Gasteiger partial charge on any atom is -0.382 e. The predicted molar refractivity (Wildman–Crippen MR) is 143 cm³/mol. The summed E-state index contributed by atoms with van der Waals surface area (Å²) in [6, 6.07) is 7.23. The molecule has 0 amide bonds. The average Bonchev–Trinajstić information content (AvgIpc) is 3.03. The fraction of sp³-hybridized carbons (Fsp3) is 0.464. The lowest BCUT2D eigenvalue weighted by Crippen LogP contribution is -2.30. The van der Waals surface area contributed by atoms with E-state index in [0.29, 0.717) is 6.04 Å². The van der Waals surface area contributed by atoms with Crippen molar-refractivity contribution in [2.45, 2.75) is 78.2 Å². The maximum Gasteiger partial charge on any atom is 0.105 e. The van der Waals surface area contributed by atoms with Gasteiger partial charge in [0.2, 0.25) is 0 Å². The van der Waals surface area contributed by atoms with Crippen LogP contribution in [0.25, 0.3) is 0 Å². The van der Waals surface area contributed by atoms with Gasteiger partial charge >= 0.3 is 0 Å². The molecule has 1 fully saturated rings. The van der Waals surface area contributed by atoms with Crippen molar-refractivity contribution in [3.8, 4) is 0 Å². The lowest BCUT2D eigenvalue weighted by atomic mass is 9.86. The lowest BCUT2D eigenvalue weighted by Gasteiger charge is -2.27. The highest BCUT2D eigenvalue weighted by atomic mass is 32.2. The quantitative estimate of drug-likeness (QED) is 0.327. The van der Waals surface area contributed by atoms with Crippen LogP contribution in [0.1, 0.15) is 70.9 Å². The van der Waals surface area contributed by atoms with Crippen molar-refractivity contribution < 1.29 is 0 Å². The topological polar surface area (TPSA) is 27.6 Å². The van der Waals surface area contributed by atoms with Crippen molar-refractivity contribution in [2.24, 2.45) is 4.99 Å². The molecular weight excluding hydrogens is 410 g/mol. The third-order valence-corrected chi connectivity index (χ3v) is 7.69. The molecule has 0 atom stereocenters. The fourth-order valence-corrected chi connectivity index (χ4v) is 5.47. The molecule has 0 aromatic heterocycles. The first-order valence-corrected chi connectivity index (χ1v) is 12.6. The molecule has 4 heteroatoms. The Morgan fingerprint density at radius 1 is 1.19 bits per heavy atom. The molecule has 0 radical (unpaired) electrons. The largest absolute Gasteiger partial charge is 0.382 e. The number of hydrogen-bond acceptors (Lipinski definition) is 4. The van der Waals surface area contributed by atoms with E-state index in [0.717, 1.165) is 33.4 Å². The maximum atomic E-state index is 4.69. The van der Waals surface area contributed by atoms with Crippen LogP contribution >= 0.6 is 11.8 Å². The molecule has 32 heavy (non-hydrogen) atoms. The molecule has 1 N–H and O–H groups in total. The van der Waals surface area contributed by atoms with E-state index in [1.165, 1.54) is 48.9 Å². The minimum atomic E-state index is 0.0771. The number of aryl methyl sites for hydroxylation is 1. The van der Waals surface area contributed by atoms with Gasteiger partial charge in [0.25, 0.3) is 0 Å². The van der Waals surface area contributed by atoms with Gasteiger partial charge in [0.15, 0.2) is 0 Å². The minimum absolute atomic E-state index is 0.0771. The molecule has 2 aliphatic rings. The lowest BCUT2D eigenvalue weighted by molar-refractivity contribution is 0.399. The summed E-state index contributed by atoms with van der Waals surface area (Å²) in [5, 5.41) is 4.52. The molecular formula is C28H39N3S. The second-order valence-electron chi connectivity index (χ2n) is 9.74. The van der Waals surface area contributed by atoms with Crippen molar-refractivity contribution in [1.82, 2.24) is 5.32 Å². The van der Waals surface area contributed by atoms with Gasteiger partial charge in [0.05, 0.1) is 0 Å². The summed E-state index contributed by atoms with van der Waals surface area (Å²) in [4.78, 5) is 7.95. The molecule has 0 bridgehead atoms. The van der Waals surface area contributed by atoms with Crippen LogP contribution < -0.4 is 10.2 Å². The van der Waals surface area contributed by atoms with Gasteiger partial charge in [-0.05, 0) is 45.2 Å². The van der Waals surface area contributed by atoms with Crippen LogP contribution in [0.15, 0.2) is 69.8 Å². The summed E-state index contributed by atoms with van der Waals surface area (Å²) < 4.78 is 0. The monoisotopic (exact) mass is 449 g/mol. The van der Waals surface area contributed by atoms with Gasteiger partial charge in [-0.2, -0.15) is 0 Å². The number of anilines is 1. The van der Waals surface area contributed by atoms with E-state index >= 15 is 0 Å². The van der Waals surface area contributed by atoms with Crippen LogP contribution in [0.4, 0.5) is 5.69 Å². The van der Waals surface area contributed by atoms with Gasteiger partial charge in [-0.15, -0.1) is 0 Å². The van der Waals surface area contributed by atoms with Crippen LogP contribution in [0, 0.1) is 6.92 Å². The third kappa shape index (κ3) is 5.40. The zero-order chi connectivity index (χ0) is 23.5. The summed E-state index contributed by atoms with van der Waals surface area (Å²) in [6.07, 6.45) is 8.20. The van der Waals surface area contributed by atoms with E-state index in [1.54, 1.807) is 11.8 Å². The zero-order valence-corrected chi connectivity index (χ0v) is 21.4. The van der Waals surface area contributed by atoms with Gasteiger partial charge in [-0.1, -0.05) is 82.3 Å². The molecule has 3 nitrogen and oxygen atoms in total. The normalized spacial score (nSPS) is 19.0. The van der Waals surface area contributed by atoms with Crippen LogP contribution in [0.2, 0.25) is 0 Å². The Kier molecular flexibility index (Phi) is 7.76. The molecule has 172 valence electrons. The van der Waals surface area contributed by atoms with E-state index in [2.05, 4.69) is 75.8 Å². The molecule has 1 aromatic carbocycles. The van der Waals surface area contributed by atoms with E-state index in [9.17, 15) is 0 Å². The van der Waals surface area contributed by atoms with Crippen molar-refractivity contribution in [1.29, 1.82) is 0 Å². The van der Waals surface area contributed by atoms with Crippen LogP contribution in [-0.4, -0.2) is 18.8 Å². The third-order valence-electron chi connectivity index (χ3n) is 6.59. The molecule has 0 saturated heterocycles. The highest BCUT2D eigenvalue weighted by Crippen LogP contribution is 2.44. The summed E-state index contributed by atoms with van der Waals surface area (Å²) in [5.41, 5.74) is 6.98. The Hall–Kier alpha value is -2.20. The summed E-state index contributed by atoms with van der Waals surface area (Å²) in [5.74, 6) is 0. The number of nitrogens with one attached hydrogen (secondary N) is 1. The Morgan fingerprint density at radius 3 is 2.53 bits per heavy atom. The molecule has 1 saturated carbocycles. The van der Waals surface area contributed by atoms with Crippen molar-refractivity contribution in [3.05, 3.63) is 76.0 Å². The Morgan fingerprint density at radius 2 is 1.88 bits per heavy atom. The Balaban J connectivity index is 1.79. The van der Waals surface area contributed by atoms with Gasteiger partial charge in [0.1, 0.15) is 5.03 Å². The Bertz CT molecular complexity index is 961. The number of fused-ring (bicyclic) bond motifs is 1. The number of aliphatic imine (C=N–C) groups is 1. The Labute approximate surface area is 199 Å². The van der Waals surface area contributed by atoms with E-state index in [1.807, 2.05) is 13.1 Å². The number of rotatable bonds is 8. The summed E-state index contributed by atoms with van der Waals surface area (Å²) in [6.45, 7) is 24.8. The SMILES string of the molecule is C=C(NC1CCCCC1)C(=C)S/C(N=CC)=C(\C)C(=C)N1CC(C)(C)c2cc(C)ccc21. The number of allylic oxidation sites excluding steroid dienone is 1. The number of hydrogen-bond donors (Lipinski definition) is 1. The molecule has 1 aliphatic carbocycles. The molecule has 1 heterocycles. The van der Waals surface area contributed by atoms with Gasteiger partial charge in [-0.3, -0.25) is 4.99 Å². The second-order valence-corrected chi connectivity index (χ2v) is 10.8. The van der Waals surface area contributed by atoms with E-state index in [4.69, 9.17) is 4.99 Å². The first-order chi connectivity index (χ1) is 15.1.